The maximum absolute atomic E-state index is 5.62. The van der Waals surface area contributed by atoms with Crippen molar-refractivity contribution in [3.8, 4) is 112 Å². The normalized spacial score (nSPS) is 11.0. The van der Waals surface area contributed by atoms with Crippen molar-refractivity contribution in [1.29, 1.82) is 0 Å². The molecule has 2 heterocycles. The summed E-state index contributed by atoms with van der Waals surface area (Å²) in [7, 11) is 0. The second kappa shape index (κ2) is 18.1. The van der Waals surface area contributed by atoms with E-state index in [2.05, 4.69) is 218 Å². The molecule has 0 bridgehead atoms. The smallest absolute Gasteiger partial charge is 0.164 e. The Bertz CT molecular complexity index is 3300. The first-order valence-electron chi connectivity index (χ1n) is 22.2. The largest absolute Gasteiger partial charge is 0.246 e. The third kappa shape index (κ3) is 8.11. The average Bonchev–Trinajstić information content (AvgIpc) is 3.42. The van der Waals surface area contributed by atoms with Gasteiger partial charge in [-0.2, -0.15) is 0 Å². The molecule has 0 amide bonds. The van der Waals surface area contributed by atoms with Crippen molar-refractivity contribution in [2.24, 2.45) is 0 Å². The van der Waals surface area contributed by atoms with Crippen LogP contribution in [0.5, 0.6) is 0 Å². The summed E-state index contributed by atoms with van der Waals surface area (Å²) >= 11 is 0. The van der Waals surface area contributed by atoms with Crippen LogP contribution in [0.25, 0.3) is 112 Å². The molecule has 0 unspecified atom stereocenters. The molecular weight excluding hydrogens is 801 g/mol. The predicted octanol–water partition coefficient (Wildman–Crippen LogP) is 15.9. The molecule has 11 aromatic rings. The van der Waals surface area contributed by atoms with Gasteiger partial charge in [-0.05, 0) is 45.0 Å². The molecule has 4 heteroatoms. The first kappa shape index (κ1) is 40.0. The Balaban J connectivity index is 1.05. The van der Waals surface area contributed by atoms with Crippen molar-refractivity contribution >= 4 is 0 Å². The van der Waals surface area contributed by atoms with Crippen LogP contribution in [-0.4, -0.2) is 19.9 Å². The van der Waals surface area contributed by atoms with Crippen LogP contribution in [0.2, 0.25) is 0 Å². The van der Waals surface area contributed by atoms with Gasteiger partial charge in [0.25, 0.3) is 0 Å². The molecule has 66 heavy (non-hydrogen) atoms. The topological polar surface area (TPSA) is 51.6 Å². The maximum atomic E-state index is 5.62. The zero-order valence-electron chi connectivity index (χ0n) is 36.0. The van der Waals surface area contributed by atoms with E-state index in [4.69, 9.17) is 19.9 Å². The molecule has 11 rings (SSSR count). The quantitative estimate of drug-likeness (QED) is 0.138. The van der Waals surface area contributed by atoms with E-state index in [1.54, 1.807) is 0 Å². The van der Waals surface area contributed by atoms with Crippen LogP contribution < -0.4 is 0 Å². The Hall–Kier alpha value is -8.86. The molecule has 0 fully saturated rings. The van der Waals surface area contributed by atoms with Crippen molar-refractivity contribution in [3.05, 3.63) is 255 Å². The molecule has 0 atom stereocenters. The second-order valence-corrected chi connectivity index (χ2v) is 16.2. The Kier molecular flexibility index (Phi) is 10.9. The van der Waals surface area contributed by atoms with Crippen LogP contribution in [0.3, 0.4) is 0 Å². The molecule has 0 radical (unpaired) electrons. The van der Waals surface area contributed by atoms with E-state index in [0.29, 0.717) is 17.5 Å². The Morgan fingerprint density at radius 2 is 0.439 bits per heavy atom. The Labute approximate surface area is 385 Å². The molecule has 0 aliphatic carbocycles. The fraction of sp³-hybridized carbons (Fsp3) is 0. The molecule has 0 aliphatic rings. The lowest BCUT2D eigenvalue weighted by Gasteiger charge is -2.23. The number of nitrogens with zero attached hydrogens (tertiary/aromatic N) is 4. The van der Waals surface area contributed by atoms with Crippen LogP contribution in [-0.2, 0) is 0 Å². The number of benzene rings is 9. The number of hydrogen-bond acceptors (Lipinski definition) is 4. The molecular formula is C62H42N4. The molecule has 0 N–H and O–H groups in total. The van der Waals surface area contributed by atoms with Gasteiger partial charge in [-0.3, -0.25) is 0 Å². The van der Waals surface area contributed by atoms with Gasteiger partial charge < -0.3 is 0 Å². The van der Waals surface area contributed by atoms with Gasteiger partial charge in [0.2, 0.25) is 0 Å². The molecule has 2 aromatic heterocycles. The van der Waals surface area contributed by atoms with Crippen LogP contribution >= 0.6 is 0 Å². The summed E-state index contributed by atoms with van der Waals surface area (Å²) in [6.07, 6.45) is 0. The molecule has 0 aliphatic heterocycles. The minimum atomic E-state index is 0.616. The number of aromatic nitrogens is 4. The van der Waals surface area contributed by atoms with E-state index in [9.17, 15) is 0 Å². The molecule has 4 nitrogen and oxygen atoms in total. The van der Waals surface area contributed by atoms with Crippen LogP contribution in [0.15, 0.2) is 255 Å². The summed E-state index contributed by atoms with van der Waals surface area (Å²) in [5, 5.41) is 0. The maximum Gasteiger partial charge on any atom is 0.164 e. The summed E-state index contributed by atoms with van der Waals surface area (Å²) in [5.74, 6) is 1.87. The molecule has 9 aromatic carbocycles. The Morgan fingerprint density at radius 3 is 0.848 bits per heavy atom. The van der Waals surface area contributed by atoms with Gasteiger partial charge in [0, 0.05) is 44.5 Å². The zero-order chi connectivity index (χ0) is 44.1. The number of pyridine rings is 1. The van der Waals surface area contributed by atoms with Crippen LogP contribution in [0.1, 0.15) is 0 Å². The highest BCUT2D eigenvalue weighted by Crippen LogP contribution is 2.49. The highest BCUT2D eigenvalue weighted by atomic mass is 15.0. The van der Waals surface area contributed by atoms with Gasteiger partial charge >= 0.3 is 0 Å². The van der Waals surface area contributed by atoms with E-state index in [0.717, 1.165) is 89.3 Å². The lowest BCUT2D eigenvalue weighted by Crippen LogP contribution is -2.01. The fourth-order valence-corrected chi connectivity index (χ4v) is 8.71. The molecule has 310 valence electrons. The van der Waals surface area contributed by atoms with E-state index in [1.165, 1.54) is 5.56 Å². The van der Waals surface area contributed by atoms with Crippen molar-refractivity contribution in [2.45, 2.75) is 0 Å². The number of rotatable bonds is 10. The van der Waals surface area contributed by atoms with Gasteiger partial charge in [0.05, 0.1) is 11.4 Å². The predicted molar refractivity (Wildman–Crippen MR) is 272 cm³/mol. The lowest BCUT2D eigenvalue weighted by atomic mass is 9.83. The van der Waals surface area contributed by atoms with Crippen molar-refractivity contribution in [1.82, 2.24) is 19.9 Å². The summed E-state index contributed by atoms with van der Waals surface area (Å²) < 4.78 is 0. The minimum absolute atomic E-state index is 0.616. The van der Waals surface area contributed by atoms with E-state index in [-0.39, 0.29) is 0 Å². The second-order valence-electron chi connectivity index (χ2n) is 16.2. The first-order chi connectivity index (χ1) is 32.7. The van der Waals surface area contributed by atoms with Gasteiger partial charge in [0.15, 0.2) is 17.5 Å². The van der Waals surface area contributed by atoms with Crippen LogP contribution in [0, 0.1) is 0 Å². The minimum Gasteiger partial charge on any atom is -0.246 e. The summed E-state index contributed by atoms with van der Waals surface area (Å²) in [6, 6.07) is 88.9. The summed E-state index contributed by atoms with van der Waals surface area (Å²) in [6.45, 7) is 0. The highest BCUT2D eigenvalue weighted by Gasteiger charge is 2.25. The van der Waals surface area contributed by atoms with Crippen LogP contribution in [0.4, 0.5) is 0 Å². The highest BCUT2D eigenvalue weighted by molar-refractivity contribution is 6.05. The van der Waals surface area contributed by atoms with Gasteiger partial charge in [-0.25, -0.2) is 19.9 Å². The fourth-order valence-electron chi connectivity index (χ4n) is 8.71. The van der Waals surface area contributed by atoms with Crippen molar-refractivity contribution in [3.63, 3.8) is 0 Å². The third-order valence-corrected chi connectivity index (χ3v) is 12.0. The molecule has 0 spiro atoms. The zero-order valence-corrected chi connectivity index (χ0v) is 36.0. The van der Waals surface area contributed by atoms with E-state index >= 15 is 0 Å². The van der Waals surface area contributed by atoms with Crippen molar-refractivity contribution in [2.75, 3.05) is 0 Å². The first-order valence-corrected chi connectivity index (χ1v) is 22.2. The summed E-state index contributed by atoms with van der Waals surface area (Å²) in [4.78, 5) is 20.7. The van der Waals surface area contributed by atoms with Gasteiger partial charge in [-0.1, -0.05) is 249 Å². The molecule has 0 saturated carbocycles. The monoisotopic (exact) mass is 842 g/mol. The SMILES string of the molecule is c1ccc(-c2ccc(-c3nc(-c4ccccc4)nc(-c4ccc(-c5cccc(-c6c(-c7ccccc7)c(-c7ccccc7)nc(-c7ccccc7)c6-c6ccccc6)c5)cc4)n3)cc2)cc1. The number of hydrogen-bond donors (Lipinski definition) is 0. The van der Waals surface area contributed by atoms with Gasteiger partial charge in [0.1, 0.15) is 0 Å². The summed E-state index contributed by atoms with van der Waals surface area (Å²) in [5.41, 5.74) is 17.8. The lowest BCUT2D eigenvalue weighted by molar-refractivity contribution is 1.07. The van der Waals surface area contributed by atoms with E-state index in [1.807, 2.05) is 36.4 Å². The van der Waals surface area contributed by atoms with Gasteiger partial charge in [-0.15, -0.1) is 0 Å². The van der Waals surface area contributed by atoms with Crippen molar-refractivity contribution < 1.29 is 0 Å². The van der Waals surface area contributed by atoms with E-state index < -0.39 is 0 Å². The Morgan fingerprint density at radius 1 is 0.167 bits per heavy atom. The standard InChI is InChI=1S/C62H42N4/c1-7-20-43(21-8-1)44-34-38-51(39-35-44)61-64-60(50-30-17-6-18-31-50)65-62(66-61)52-40-36-45(37-41-52)53-32-19-33-54(42-53)55-56(46-22-9-2-10-23-46)58(48-26-13-4-14-27-48)63-59(49-28-15-5-16-29-49)57(55)47-24-11-3-12-25-47/h1-42H. The average molecular weight is 843 g/mol. The molecule has 0 saturated heterocycles. The third-order valence-electron chi connectivity index (χ3n) is 12.0.